The van der Waals surface area contributed by atoms with Crippen LogP contribution in [-0.2, 0) is 12.4 Å². The standard InChI is InChI=1S/C22H13F6N3/c23-21(24,25)16-8-6-15(7-9-16)18-10-17(22(26,27)28)11-20(30-18)31-12-19(29-13-31)14-4-2-1-3-5-14/h1-13H. The van der Waals surface area contributed by atoms with E-state index in [4.69, 9.17) is 0 Å². The summed E-state index contributed by atoms with van der Waals surface area (Å²) < 4.78 is 80.1. The van der Waals surface area contributed by atoms with Crippen molar-refractivity contribution in [2.24, 2.45) is 0 Å². The van der Waals surface area contributed by atoms with Crippen molar-refractivity contribution in [2.45, 2.75) is 12.4 Å². The van der Waals surface area contributed by atoms with Crippen LogP contribution >= 0.6 is 0 Å². The van der Waals surface area contributed by atoms with Crippen LogP contribution in [0, 0.1) is 0 Å². The fourth-order valence-corrected chi connectivity index (χ4v) is 3.00. The number of rotatable bonds is 3. The molecule has 31 heavy (non-hydrogen) atoms. The zero-order chi connectivity index (χ0) is 22.2. The third-order valence-electron chi connectivity index (χ3n) is 4.56. The van der Waals surface area contributed by atoms with Crippen LogP contribution in [0.2, 0.25) is 0 Å². The highest BCUT2D eigenvalue weighted by molar-refractivity contribution is 5.63. The van der Waals surface area contributed by atoms with Crippen molar-refractivity contribution >= 4 is 0 Å². The maximum atomic E-state index is 13.5. The fraction of sp³-hybridized carbons (Fsp3) is 0.0909. The third kappa shape index (κ3) is 4.45. The molecule has 0 fully saturated rings. The van der Waals surface area contributed by atoms with Gasteiger partial charge in [-0.2, -0.15) is 26.3 Å². The van der Waals surface area contributed by atoms with Crippen LogP contribution in [0.15, 0.2) is 79.3 Å². The summed E-state index contributed by atoms with van der Waals surface area (Å²) in [7, 11) is 0. The highest BCUT2D eigenvalue weighted by Crippen LogP contribution is 2.35. The summed E-state index contributed by atoms with van der Waals surface area (Å²) >= 11 is 0. The topological polar surface area (TPSA) is 30.7 Å². The van der Waals surface area contributed by atoms with Crippen molar-refractivity contribution in [3.05, 3.63) is 90.4 Å². The molecule has 158 valence electrons. The summed E-state index contributed by atoms with van der Waals surface area (Å²) in [6.07, 6.45) is -6.34. The zero-order valence-corrected chi connectivity index (χ0v) is 15.6. The van der Waals surface area contributed by atoms with E-state index in [1.54, 1.807) is 24.3 Å². The van der Waals surface area contributed by atoms with E-state index in [1.807, 2.05) is 6.07 Å². The maximum absolute atomic E-state index is 13.5. The van der Waals surface area contributed by atoms with Crippen LogP contribution in [0.1, 0.15) is 11.1 Å². The lowest BCUT2D eigenvalue weighted by molar-refractivity contribution is -0.138. The molecule has 0 atom stereocenters. The van der Waals surface area contributed by atoms with Crippen LogP contribution in [0.25, 0.3) is 28.3 Å². The van der Waals surface area contributed by atoms with Crippen LogP contribution in [-0.4, -0.2) is 14.5 Å². The van der Waals surface area contributed by atoms with Gasteiger partial charge in [-0.15, -0.1) is 0 Å². The molecule has 3 nitrogen and oxygen atoms in total. The minimum Gasteiger partial charge on any atom is -0.290 e. The molecule has 0 spiro atoms. The van der Waals surface area contributed by atoms with Gasteiger partial charge in [0.1, 0.15) is 12.1 Å². The van der Waals surface area contributed by atoms with Gasteiger partial charge >= 0.3 is 12.4 Å². The molecule has 4 aromatic rings. The van der Waals surface area contributed by atoms with E-state index < -0.39 is 23.5 Å². The molecule has 4 rings (SSSR count). The summed E-state index contributed by atoms with van der Waals surface area (Å²) in [6, 6.07) is 14.5. The first-order chi connectivity index (χ1) is 14.6. The van der Waals surface area contributed by atoms with Crippen molar-refractivity contribution in [2.75, 3.05) is 0 Å². The van der Waals surface area contributed by atoms with E-state index in [-0.39, 0.29) is 17.1 Å². The molecular formula is C22H13F6N3. The average Bonchev–Trinajstić information content (AvgIpc) is 3.23. The van der Waals surface area contributed by atoms with Crippen molar-refractivity contribution in [1.82, 2.24) is 14.5 Å². The van der Waals surface area contributed by atoms with E-state index in [2.05, 4.69) is 9.97 Å². The first kappa shape index (κ1) is 20.6. The lowest BCUT2D eigenvalue weighted by Crippen LogP contribution is -2.08. The molecule has 0 amide bonds. The molecule has 2 aromatic heterocycles. The molecule has 0 radical (unpaired) electrons. The van der Waals surface area contributed by atoms with Gasteiger partial charge in [0.25, 0.3) is 0 Å². The Morgan fingerprint density at radius 3 is 1.87 bits per heavy atom. The zero-order valence-electron chi connectivity index (χ0n) is 15.6. The Labute approximate surface area is 172 Å². The van der Waals surface area contributed by atoms with E-state index in [9.17, 15) is 26.3 Å². The quantitative estimate of drug-likeness (QED) is 0.339. The molecule has 2 aromatic carbocycles. The number of hydrogen-bond acceptors (Lipinski definition) is 2. The number of hydrogen-bond donors (Lipinski definition) is 0. The van der Waals surface area contributed by atoms with Gasteiger partial charge < -0.3 is 0 Å². The van der Waals surface area contributed by atoms with Gasteiger partial charge in [-0.3, -0.25) is 4.57 Å². The Morgan fingerprint density at radius 2 is 1.26 bits per heavy atom. The van der Waals surface area contributed by atoms with Gasteiger partial charge in [0.15, 0.2) is 0 Å². The van der Waals surface area contributed by atoms with Crippen LogP contribution in [0.3, 0.4) is 0 Å². The molecule has 0 unspecified atom stereocenters. The second-order valence-corrected chi connectivity index (χ2v) is 6.70. The van der Waals surface area contributed by atoms with Crippen molar-refractivity contribution in [1.29, 1.82) is 0 Å². The number of nitrogens with zero attached hydrogens (tertiary/aromatic N) is 3. The Kier molecular flexibility index (Phi) is 5.04. The largest absolute Gasteiger partial charge is 0.416 e. The first-order valence-corrected chi connectivity index (χ1v) is 8.98. The van der Waals surface area contributed by atoms with Crippen LogP contribution < -0.4 is 0 Å². The summed E-state index contributed by atoms with van der Waals surface area (Å²) in [5.41, 5.74) is -0.530. The van der Waals surface area contributed by atoms with Gasteiger partial charge in [-0.05, 0) is 24.3 Å². The highest BCUT2D eigenvalue weighted by atomic mass is 19.4. The SMILES string of the molecule is FC(F)(F)c1ccc(-c2cc(C(F)(F)F)cc(-n3cnc(-c4ccccc4)c3)n2)cc1. The Hall–Kier alpha value is -3.62. The van der Waals surface area contributed by atoms with Gasteiger partial charge in [0.2, 0.25) is 0 Å². The van der Waals surface area contributed by atoms with Crippen molar-refractivity contribution in [3.63, 3.8) is 0 Å². The van der Waals surface area contributed by atoms with Crippen molar-refractivity contribution < 1.29 is 26.3 Å². The summed E-state index contributed by atoms with van der Waals surface area (Å²) in [5, 5.41) is 0. The number of aromatic nitrogens is 3. The van der Waals surface area contributed by atoms with Gasteiger partial charge in [0.05, 0.1) is 22.5 Å². The average molecular weight is 433 g/mol. The van der Waals surface area contributed by atoms with E-state index >= 15 is 0 Å². The molecule has 0 N–H and O–H groups in total. The Bertz CT molecular complexity index is 1190. The lowest BCUT2D eigenvalue weighted by Gasteiger charge is -2.13. The predicted octanol–water partition coefficient (Wildman–Crippen LogP) is 6.64. The normalized spacial score (nSPS) is 12.2. The second kappa shape index (κ2) is 7.57. The second-order valence-electron chi connectivity index (χ2n) is 6.70. The number of imidazole rings is 1. The van der Waals surface area contributed by atoms with Gasteiger partial charge in [0, 0.05) is 17.3 Å². The molecule has 0 saturated carbocycles. The summed E-state index contributed by atoms with van der Waals surface area (Å²) in [6.45, 7) is 0. The summed E-state index contributed by atoms with van der Waals surface area (Å²) in [5.74, 6) is -0.0561. The molecular weight excluding hydrogens is 420 g/mol. The number of halogens is 6. The maximum Gasteiger partial charge on any atom is 0.416 e. The van der Waals surface area contributed by atoms with E-state index in [0.717, 1.165) is 42.0 Å². The number of pyridine rings is 1. The third-order valence-corrected chi connectivity index (χ3v) is 4.56. The molecule has 0 saturated heterocycles. The Morgan fingerprint density at radius 1 is 0.645 bits per heavy atom. The van der Waals surface area contributed by atoms with Crippen molar-refractivity contribution in [3.8, 4) is 28.3 Å². The molecule has 0 aliphatic heterocycles. The molecule has 2 heterocycles. The predicted molar refractivity (Wildman–Crippen MR) is 102 cm³/mol. The van der Waals surface area contributed by atoms with E-state index in [1.165, 1.54) is 17.1 Å². The van der Waals surface area contributed by atoms with Gasteiger partial charge in [-0.1, -0.05) is 42.5 Å². The van der Waals surface area contributed by atoms with Crippen LogP contribution in [0.4, 0.5) is 26.3 Å². The van der Waals surface area contributed by atoms with E-state index in [0.29, 0.717) is 5.69 Å². The highest BCUT2D eigenvalue weighted by Gasteiger charge is 2.33. The minimum atomic E-state index is -4.67. The number of alkyl halides is 6. The monoisotopic (exact) mass is 433 g/mol. The molecule has 0 bridgehead atoms. The molecule has 9 heteroatoms. The smallest absolute Gasteiger partial charge is 0.290 e. The minimum absolute atomic E-state index is 0.0561. The fourth-order valence-electron chi connectivity index (χ4n) is 3.00. The Balaban J connectivity index is 1.78. The molecule has 0 aliphatic carbocycles. The molecule has 0 aliphatic rings. The lowest BCUT2D eigenvalue weighted by atomic mass is 10.1. The number of benzene rings is 2. The van der Waals surface area contributed by atoms with Crippen LogP contribution in [0.5, 0.6) is 0 Å². The van der Waals surface area contributed by atoms with Gasteiger partial charge in [-0.25, -0.2) is 9.97 Å². The first-order valence-electron chi connectivity index (χ1n) is 8.98. The summed E-state index contributed by atoms with van der Waals surface area (Å²) in [4.78, 5) is 8.44.